The van der Waals surface area contributed by atoms with Gasteiger partial charge in [-0.3, -0.25) is 0 Å². The Morgan fingerprint density at radius 2 is 1.82 bits per heavy atom. The number of rotatable bonds is 3. The second-order valence-electron chi connectivity index (χ2n) is 5.02. The minimum absolute atomic E-state index is 0.403. The molecule has 1 saturated heterocycles. The van der Waals surface area contributed by atoms with Crippen LogP contribution in [0, 0.1) is 0 Å². The first kappa shape index (κ1) is 12.9. The molecule has 1 aromatic rings. The fraction of sp³-hybridized carbons (Fsp3) is 0.571. The molecule has 0 saturated carbocycles. The van der Waals surface area contributed by atoms with Crippen LogP contribution in [0.25, 0.3) is 0 Å². The number of nitrogens with zero attached hydrogens (tertiary/aromatic N) is 1. The van der Waals surface area contributed by atoms with E-state index in [0.717, 1.165) is 5.02 Å². The zero-order valence-electron chi connectivity index (χ0n) is 10.6. The van der Waals surface area contributed by atoms with Gasteiger partial charge in [-0.15, -0.1) is 0 Å². The molecule has 1 N–H and O–H groups in total. The quantitative estimate of drug-likeness (QED) is 0.890. The third-order valence-electron chi connectivity index (χ3n) is 3.57. The van der Waals surface area contributed by atoms with E-state index >= 15 is 0 Å². The number of piperidine rings is 1. The summed E-state index contributed by atoms with van der Waals surface area (Å²) in [5, 5.41) is 4.51. The van der Waals surface area contributed by atoms with E-state index in [-0.39, 0.29) is 0 Å². The van der Waals surface area contributed by atoms with E-state index in [1.165, 1.54) is 31.5 Å². The molecular formula is C14H21ClN2. The Labute approximate surface area is 109 Å². The summed E-state index contributed by atoms with van der Waals surface area (Å²) in [4.78, 5) is 2.39. The molecule has 3 heteroatoms. The van der Waals surface area contributed by atoms with Crippen molar-refractivity contribution in [1.29, 1.82) is 0 Å². The molecule has 1 heterocycles. The van der Waals surface area contributed by atoms with Crippen LogP contribution in [0.5, 0.6) is 0 Å². The number of halogens is 1. The molecule has 1 aliphatic heterocycles. The smallest absolute Gasteiger partial charge is 0.0406 e. The number of hydrogen-bond donors (Lipinski definition) is 1. The van der Waals surface area contributed by atoms with Crippen LogP contribution in [-0.4, -0.2) is 31.1 Å². The molecule has 0 aromatic heterocycles. The van der Waals surface area contributed by atoms with Crippen molar-refractivity contribution in [2.45, 2.75) is 31.8 Å². The highest BCUT2D eigenvalue weighted by atomic mass is 35.5. The van der Waals surface area contributed by atoms with Gasteiger partial charge in [-0.05, 0) is 57.6 Å². The van der Waals surface area contributed by atoms with E-state index in [4.69, 9.17) is 11.6 Å². The second-order valence-corrected chi connectivity index (χ2v) is 5.45. The van der Waals surface area contributed by atoms with Gasteiger partial charge in [0.25, 0.3) is 0 Å². The van der Waals surface area contributed by atoms with Gasteiger partial charge in [0.05, 0.1) is 0 Å². The average Bonchev–Trinajstić information content (AvgIpc) is 2.33. The lowest BCUT2D eigenvalue weighted by Gasteiger charge is -2.31. The Hall–Kier alpha value is -0.570. The zero-order chi connectivity index (χ0) is 12.3. The number of benzene rings is 1. The van der Waals surface area contributed by atoms with Crippen molar-refractivity contribution < 1.29 is 0 Å². The third kappa shape index (κ3) is 3.70. The van der Waals surface area contributed by atoms with Crippen molar-refractivity contribution in [3.8, 4) is 0 Å². The molecule has 2 nitrogen and oxygen atoms in total. The zero-order valence-corrected chi connectivity index (χ0v) is 11.4. The lowest BCUT2D eigenvalue weighted by atomic mass is 10.0. The maximum Gasteiger partial charge on any atom is 0.0406 e. The summed E-state index contributed by atoms with van der Waals surface area (Å²) in [6.07, 6.45) is 2.49. The molecule has 1 aliphatic rings. The van der Waals surface area contributed by atoms with Gasteiger partial charge in [0.2, 0.25) is 0 Å². The number of nitrogens with one attached hydrogen (secondary N) is 1. The van der Waals surface area contributed by atoms with Gasteiger partial charge < -0.3 is 10.2 Å². The van der Waals surface area contributed by atoms with Crippen LogP contribution in [0.15, 0.2) is 24.3 Å². The fourth-order valence-corrected chi connectivity index (χ4v) is 2.50. The summed E-state index contributed by atoms with van der Waals surface area (Å²) in [6, 6.07) is 9.19. The third-order valence-corrected chi connectivity index (χ3v) is 3.83. The summed E-state index contributed by atoms with van der Waals surface area (Å²) in [7, 11) is 2.19. The maximum absolute atomic E-state index is 5.90. The van der Waals surface area contributed by atoms with Crippen molar-refractivity contribution in [3.05, 3.63) is 34.9 Å². The predicted octanol–water partition coefficient (Wildman–Crippen LogP) is 3.08. The van der Waals surface area contributed by atoms with Gasteiger partial charge in [-0.25, -0.2) is 0 Å². The average molecular weight is 253 g/mol. The molecule has 0 radical (unpaired) electrons. The van der Waals surface area contributed by atoms with Crippen LogP contribution < -0.4 is 5.32 Å². The van der Waals surface area contributed by atoms with Crippen LogP contribution in [0.2, 0.25) is 5.02 Å². The molecule has 0 spiro atoms. The lowest BCUT2D eigenvalue weighted by molar-refractivity contribution is 0.226. The molecule has 17 heavy (non-hydrogen) atoms. The first-order chi connectivity index (χ1) is 8.15. The van der Waals surface area contributed by atoms with Crippen LogP contribution >= 0.6 is 11.6 Å². The molecular weight excluding hydrogens is 232 g/mol. The van der Waals surface area contributed by atoms with Crippen molar-refractivity contribution in [3.63, 3.8) is 0 Å². The Morgan fingerprint density at radius 1 is 1.24 bits per heavy atom. The monoisotopic (exact) mass is 252 g/mol. The lowest BCUT2D eigenvalue weighted by Crippen LogP contribution is -2.41. The predicted molar refractivity (Wildman–Crippen MR) is 73.5 cm³/mol. The van der Waals surface area contributed by atoms with Gasteiger partial charge in [-0.2, -0.15) is 0 Å². The Morgan fingerprint density at radius 3 is 2.41 bits per heavy atom. The SMILES string of the molecule is CC(NC1CCN(C)CC1)c1ccc(Cl)cc1. The van der Waals surface area contributed by atoms with Crippen molar-refractivity contribution >= 4 is 11.6 Å². The van der Waals surface area contributed by atoms with Gasteiger partial charge in [0.1, 0.15) is 0 Å². The van der Waals surface area contributed by atoms with E-state index in [0.29, 0.717) is 12.1 Å². The molecule has 1 atom stereocenters. The van der Waals surface area contributed by atoms with Gasteiger partial charge in [-0.1, -0.05) is 23.7 Å². The van der Waals surface area contributed by atoms with E-state index in [2.05, 4.69) is 36.3 Å². The summed E-state index contributed by atoms with van der Waals surface area (Å²) in [5.74, 6) is 0. The normalized spacial score (nSPS) is 20.4. The molecule has 0 bridgehead atoms. The summed E-state index contributed by atoms with van der Waals surface area (Å²) in [6.45, 7) is 4.62. The van der Waals surface area contributed by atoms with Gasteiger partial charge in [0, 0.05) is 17.1 Å². The molecule has 2 rings (SSSR count). The molecule has 1 fully saturated rings. The summed E-state index contributed by atoms with van der Waals surface area (Å²) < 4.78 is 0. The highest BCUT2D eigenvalue weighted by Gasteiger charge is 2.18. The Kier molecular flexibility index (Phi) is 4.43. The number of likely N-dealkylation sites (tertiary alicyclic amines) is 1. The topological polar surface area (TPSA) is 15.3 Å². The highest BCUT2D eigenvalue weighted by Crippen LogP contribution is 2.18. The van der Waals surface area contributed by atoms with Crippen LogP contribution in [-0.2, 0) is 0 Å². The maximum atomic E-state index is 5.90. The van der Waals surface area contributed by atoms with Crippen LogP contribution in [0.3, 0.4) is 0 Å². The molecule has 0 amide bonds. The summed E-state index contributed by atoms with van der Waals surface area (Å²) in [5.41, 5.74) is 1.31. The largest absolute Gasteiger partial charge is 0.307 e. The summed E-state index contributed by atoms with van der Waals surface area (Å²) >= 11 is 5.90. The molecule has 0 aliphatic carbocycles. The minimum Gasteiger partial charge on any atom is -0.307 e. The standard InChI is InChI=1S/C14H21ClN2/c1-11(12-3-5-13(15)6-4-12)16-14-7-9-17(2)10-8-14/h3-6,11,14,16H,7-10H2,1-2H3. The van der Waals surface area contributed by atoms with E-state index in [1.54, 1.807) is 0 Å². The Balaban J connectivity index is 1.88. The first-order valence-electron chi connectivity index (χ1n) is 6.35. The van der Waals surface area contributed by atoms with Crippen LogP contribution in [0.4, 0.5) is 0 Å². The highest BCUT2D eigenvalue weighted by molar-refractivity contribution is 6.30. The van der Waals surface area contributed by atoms with Crippen molar-refractivity contribution in [2.75, 3.05) is 20.1 Å². The van der Waals surface area contributed by atoms with Gasteiger partial charge in [0.15, 0.2) is 0 Å². The van der Waals surface area contributed by atoms with Crippen molar-refractivity contribution in [1.82, 2.24) is 10.2 Å². The van der Waals surface area contributed by atoms with Gasteiger partial charge >= 0.3 is 0 Å². The number of hydrogen-bond acceptors (Lipinski definition) is 2. The second kappa shape index (κ2) is 5.85. The minimum atomic E-state index is 0.403. The van der Waals surface area contributed by atoms with E-state index in [1.807, 2.05) is 12.1 Å². The Bertz CT molecular complexity index is 342. The van der Waals surface area contributed by atoms with Crippen molar-refractivity contribution in [2.24, 2.45) is 0 Å². The van der Waals surface area contributed by atoms with E-state index < -0.39 is 0 Å². The first-order valence-corrected chi connectivity index (χ1v) is 6.73. The van der Waals surface area contributed by atoms with E-state index in [9.17, 15) is 0 Å². The molecule has 94 valence electrons. The fourth-order valence-electron chi connectivity index (χ4n) is 2.38. The van der Waals surface area contributed by atoms with Crippen LogP contribution in [0.1, 0.15) is 31.4 Å². The molecule has 1 aromatic carbocycles. The molecule has 1 unspecified atom stereocenters.